The maximum absolute atomic E-state index is 11.7. The highest BCUT2D eigenvalue weighted by atomic mass is 32.2. The number of ether oxygens (including phenoxy) is 1. The smallest absolute Gasteiger partial charge is 0.333 e. The van der Waals surface area contributed by atoms with Gasteiger partial charge in [0.15, 0.2) is 5.16 Å². The molecule has 0 bridgehead atoms. The molecule has 0 aliphatic rings. The van der Waals surface area contributed by atoms with Crippen LogP contribution in [0.1, 0.15) is 20.8 Å². The van der Waals surface area contributed by atoms with Crippen molar-refractivity contribution in [2.75, 3.05) is 5.75 Å². The summed E-state index contributed by atoms with van der Waals surface area (Å²) in [4.78, 5) is 27.4. The van der Waals surface area contributed by atoms with E-state index in [4.69, 9.17) is 4.74 Å². The molecule has 0 atom stereocenters. The van der Waals surface area contributed by atoms with Crippen LogP contribution in [-0.2, 0) is 9.53 Å². The predicted octanol–water partition coefficient (Wildman–Crippen LogP) is 3.22. The highest BCUT2D eigenvalue weighted by molar-refractivity contribution is 7.99. The van der Waals surface area contributed by atoms with Gasteiger partial charge < -0.3 is 4.74 Å². The van der Waals surface area contributed by atoms with Gasteiger partial charge in [0.25, 0.3) is 5.56 Å². The van der Waals surface area contributed by atoms with E-state index in [0.29, 0.717) is 16.5 Å². The van der Waals surface area contributed by atoms with Crippen molar-refractivity contribution in [1.29, 1.82) is 0 Å². The van der Waals surface area contributed by atoms with Crippen molar-refractivity contribution in [2.45, 2.75) is 31.5 Å². The third-order valence-corrected chi connectivity index (χ3v) is 4.46. The molecule has 1 heterocycles. The molecule has 0 aliphatic heterocycles. The summed E-state index contributed by atoms with van der Waals surface area (Å²) in [5.74, 6) is 0.0250. The second kappa shape index (κ2) is 7.49. The molecule has 6 heteroatoms. The first-order valence-corrected chi connectivity index (χ1v) is 8.44. The molecule has 0 radical (unpaired) electrons. The molecular weight excluding hydrogens is 324 g/mol. The lowest BCUT2D eigenvalue weighted by molar-refractivity contribution is -0.149. The maximum Gasteiger partial charge on any atom is 0.333 e. The second-order valence-electron chi connectivity index (χ2n) is 5.97. The highest BCUT2D eigenvalue weighted by Crippen LogP contribution is 2.25. The van der Waals surface area contributed by atoms with Crippen LogP contribution in [-0.4, -0.2) is 26.9 Å². The average Bonchev–Trinajstić information content (AvgIpc) is 2.53. The zero-order valence-electron chi connectivity index (χ0n) is 14.0. The van der Waals surface area contributed by atoms with E-state index in [1.807, 2.05) is 48.7 Å². The topological polar surface area (TPSA) is 61.2 Å². The number of hydrogen-bond donors (Lipinski definition) is 0. The molecule has 2 aromatic rings. The van der Waals surface area contributed by atoms with Crippen molar-refractivity contribution < 1.29 is 9.53 Å². The average molecular weight is 344 g/mol. The fourth-order valence-electron chi connectivity index (χ4n) is 1.88. The van der Waals surface area contributed by atoms with Crippen LogP contribution in [0, 0.1) is 0 Å². The van der Waals surface area contributed by atoms with Crippen LogP contribution in [0.4, 0.5) is 0 Å². The van der Waals surface area contributed by atoms with Crippen LogP contribution in [0.25, 0.3) is 5.69 Å². The fourth-order valence-corrected chi connectivity index (χ4v) is 2.88. The molecule has 0 aliphatic carbocycles. The van der Waals surface area contributed by atoms with Crippen molar-refractivity contribution >= 4 is 17.7 Å². The third kappa shape index (κ3) is 4.83. The molecule has 0 saturated heterocycles. The highest BCUT2D eigenvalue weighted by Gasteiger charge is 2.24. The van der Waals surface area contributed by atoms with Gasteiger partial charge in [-0.05, 0) is 32.9 Å². The summed E-state index contributed by atoms with van der Waals surface area (Å²) in [5.41, 5.74) is 0.244. The van der Waals surface area contributed by atoms with E-state index in [1.54, 1.807) is 13.1 Å². The zero-order valence-corrected chi connectivity index (χ0v) is 14.8. The van der Waals surface area contributed by atoms with Crippen molar-refractivity contribution in [3.63, 3.8) is 0 Å². The molecule has 5 nitrogen and oxygen atoms in total. The van der Waals surface area contributed by atoms with E-state index in [2.05, 4.69) is 11.6 Å². The molecule has 0 saturated carbocycles. The normalized spacial score (nSPS) is 11.1. The molecule has 126 valence electrons. The predicted molar refractivity (Wildman–Crippen MR) is 95.5 cm³/mol. The van der Waals surface area contributed by atoms with Crippen LogP contribution >= 0.6 is 11.8 Å². The number of benzene rings is 1. The van der Waals surface area contributed by atoms with Gasteiger partial charge in [0.1, 0.15) is 5.60 Å². The molecule has 0 N–H and O–H groups in total. The van der Waals surface area contributed by atoms with Crippen molar-refractivity contribution in [3.8, 4) is 5.69 Å². The van der Waals surface area contributed by atoms with Crippen LogP contribution < -0.4 is 5.56 Å². The Labute approximate surface area is 145 Å². The molecule has 0 spiro atoms. The number of carbonyl (C=O) groups is 1. The molecular formula is C18H20N2O3S. The Bertz CT molecular complexity index is 797. The summed E-state index contributed by atoms with van der Waals surface area (Å²) in [6.07, 6.45) is 1.69. The fraction of sp³-hybridized carbons (Fsp3) is 0.278. The van der Waals surface area contributed by atoms with Crippen LogP contribution in [0.5, 0.6) is 0 Å². The van der Waals surface area contributed by atoms with Gasteiger partial charge in [-0.1, -0.05) is 36.5 Å². The monoisotopic (exact) mass is 344 g/mol. The van der Waals surface area contributed by atoms with Crippen LogP contribution in [0.3, 0.4) is 0 Å². The molecule has 1 aromatic heterocycles. The Balaban J connectivity index is 2.21. The molecule has 0 amide bonds. The summed E-state index contributed by atoms with van der Waals surface area (Å²) in [6, 6.07) is 11.0. The van der Waals surface area contributed by atoms with E-state index in [0.717, 1.165) is 5.69 Å². The van der Waals surface area contributed by atoms with Gasteiger partial charge in [-0.25, -0.2) is 4.79 Å². The van der Waals surface area contributed by atoms with E-state index in [9.17, 15) is 9.59 Å². The molecule has 0 fully saturated rings. The van der Waals surface area contributed by atoms with E-state index < -0.39 is 11.6 Å². The Kier molecular flexibility index (Phi) is 5.62. The van der Waals surface area contributed by atoms with Gasteiger partial charge in [-0.2, -0.15) is 4.98 Å². The van der Waals surface area contributed by atoms with Crippen molar-refractivity contribution in [2.24, 2.45) is 0 Å². The largest absolute Gasteiger partial charge is 0.455 e. The van der Waals surface area contributed by atoms with Crippen molar-refractivity contribution in [1.82, 2.24) is 9.55 Å². The maximum atomic E-state index is 11.7. The lowest BCUT2D eigenvalue weighted by Crippen LogP contribution is -2.31. The van der Waals surface area contributed by atoms with Gasteiger partial charge in [0.05, 0.1) is 0 Å². The third-order valence-electron chi connectivity index (χ3n) is 3.08. The number of para-hydroxylation sites is 1. The first kappa shape index (κ1) is 18.0. The van der Waals surface area contributed by atoms with Gasteiger partial charge >= 0.3 is 5.97 Å². The number of nitrogens with zero attached hydrogens (tertiary/aromatic N) is 2. The first-order chi connectivity index (χ1) is 11.3. The minimum Gasteiger partial charge on any atom is -0.455 e. The summed E-state index contributed by atoms with van der Waals surface area (Å²) in [5, 5.41) is 0.549. The van der Waals surface area contributed by atoms with Gasteiger partial charge in [-0.15, -0.1) is 0 Å². The Morgan fingerprint density at radius 3 is 2.58 bits per heavy atom. The van der Waals surface area contributed by atoms with Crippen LogP contribution in [0.2, 0.25) is 0 Å². The van der Waals surface area contributed by atoms with Crippen molar-refractivity contribution in [3.05, 3.63) is 65.1 Å². The molecule has 2 rings (SSSR count). The minimum absolute atomic E-state index is 0.304. The Hall–Kier alpha value is -2.34. The molecule has 1 aromatic carbocycles. The number of aromatic nitrogens is 2. The molecule has 0 unspecified atom stereocenters. The zero-order chi connectivity index (χ0) is 17.7. The second-order valence-corrected chi connectivity index (χ2v) is 6.91. The standard InChI is InChI=1S/C18H20N2O3S/c1-13(2)16(22)23-18(3,4)12-24-17-19-15(21)10-11-20(17)14-8-6-5-7-9-14/h5-11H,1,12H2,2-4H3. The van der Waals surface area contributed by atoms with Gasteiger partial charge in [-0.3, -0.25) is 9.36 Å². The molecule has 24 heavy (non-hydrogen) atoms. The quantitative estimate of drug-likeness (QED) is 0.348. The Morgan fingerprint density at radius 2 is 1.96 bits per heavy atom. The Morgan fingerprint density at radius 1 is 1.29 bits per heavy atom. The lowest BCUT2D eigenvalue weighted by Gasteiger charge is -2.25. The summed E-state index contributed by atoms with van der Waals surface area (Å²) in [6.45, 7) is 8.82. The number of rotatable bonds is 6. The number of carbonyl (C=O) groups excluding carboxylic acids is 1. The summed E-state index contributed by atoms with van der Waals surface area (Å²) in [7, 11) is 0. The number of esters is 1. The summed E-state index contributed by atoms with van der Waals surface area (Å²) < 4.78 is 7.26. The van der Waals surface area contributed by atoms with E-state index >= 15 is 0 Å². The SMILES string of the molecule is C=C(C)C(=O)OC(C)(C)CSc1nc(=O)ccn1-c1ccccc1. The van der Waals surface area contributed by atoms with E-state index in [1.165, 1.54) is 17.8 Å². The number of hydrogen-bond acceptors (Lipinski definition) is 5. The van der Waals surface area contributed by atoms with Crippen LogP contribution in [0.15, 0.2) is 64.7 Å². The first-order valence-electron chi connectivity index (χ1n) is 7.45. The minimum atomic E-state index is -0.713. The summed E-state index contributed by atoms with van der Waals surface area (Å²) >= 11 is 1.36. The number of thioether (sulfide) groups is 1. The van der Waals surface area contributed by atoms with E-state index in [-0.39, 0.29) is 5.56 Å². The van der Waals surface area contributed by atoms with Gasteiger partial charge in [0, 0.05) is 29.3 Å². The lowest BCUT2D eigenvalue weighted by atomic mass is 10.2. The van der Waals surface area contributed by atoms with Gasteiger partial charge in [0.2, 0.25) is 0 Å².